The molecule has 2 heteroatoms. The molecule has 1 atom stereocenters. The van der Waals surface area contributed by atoms with E-state index in [9.17, 15) is 5.11 Å². The molecular formula is C16H25NO. The first-order valence-electron chi connectivity index (χ1n) is 7.35. The molecule has 0 radical (unpaired) electrons. The van der Waals surface area contributed by atoms with Gasteiger partial charge in [0, 0.05) is 24.3 Å². The van der Waals surface area contributed by atoms with E-state index in [4.69, 9.17) is 0 Å². The van der Waals surface area contributed by atoms with Gasteiger partial charge in [0.15, 0.2) is 0 Å². The largest absolute Gasteiger partial charge is 0.388 e. The second-order valence-electron chi connectivity index (χ2n) is 5.24. The number of rotatable bonds is 3. The summed E-state index contributed by atoms with van der Waals surface area (Å²) in [6.07, 6.45) is 7.07. The van der Waals surface area contributed by atoms with E-state index in [1.54, 1.807) is 0 Å². The molecule has 0 unspecified atom stereocenters. The molecule has 1 aliphatic heterocycles. The van der Waals surface area contributed by atoms with Gasteiger partial charge in [0.25, 0.3) is 0 Å². The fourth-order valence-electron chi connectivity index (χ4n) is 2.77. The fourth-order valence-corrected chi connectivity index (χ4v) is 2.77. The summed E-state index contributed by atoms with van der Waals surface area (Å²) in [5, 5.41) is 10.1. The summed E-state index contributed by atoms with van der Waals surface area (Å²) in [6, 6.07) is 8.35. The van der Waals surface area contributed by atoms with Gasteiger partial charge in [0.1, 0.15) is 0 Å². The lowest BCUT2D eigenvalue weighted by Crippen LogP contribution is -2.28. The van der Waals surface area contributed by atoms with Gasteiger partial charge in [-0.1, -0.05) is 44.4 Å². The highest BCUT2D eigenvalue weighted by molar-refractivity contribution is 5.54. The summed E-state index contributed by atoms with van der Waals surface area (Å²) in [7, 11) is 0. The quantitative estimate of drug-likeness (QED) is 0.875. The molecule has 1 aliphatic rings. The van der Waals surface area contributed by atoms with Crippen molar-refractivity contribution in [2.24, 2.45) is 0 Å². The second-order valence-corrected chi connectivity index (χ2v) is 5.24. The third kappa shape index (κ3) is 3.26. The Labute approximate surface area is 111 Å². The summed E-state index contributed by atoms with van der Waals surface area (Å²) in [5.74, 6) is 0. The summed E-state index contributed by atoms with van der Waals surface area (Å²) >= 11 is 0. The Hall–Kier alpha value is -1.02. The van der Waals surface area contributed by atoms with Crippen LogP contribution in [-0.2, 0) is 0 Å². The standard InChI is InChI=1S/C16H25NO/c1-2-16(18)14-10-6-7-11-15(14)17-12-8-4-3-5-9-13-17/h6-7,10-11,16,18H,2-5,8-9,12-13H2,1H3/t16-/m1/s1. The summed E-state index contributed by atoms with van der Waals surface area (Å²) in [5.41, 5.74) is 2.34. The highest BCUT2D eigenvalue weighted by Gasteiger charge is 2.16. The Morgan fingerprint density at radius 3 is 2.33 bits per heavy atom. The lowest BCUT2D eigenvalue weighted by atomic mass is 10.0. The zero-order valence-electron chi connectivity index (χ0n) is 11.4. The molecule has 0 aliphatic carbocycles. The lowest BCUT2D eigenvalue weighted by Gasteiger charge is -2.30. The van der Waals surface area contributed by atoms with Gasteiger partial charge in [0.2, 0.25) is 0 Å². The topological polar surface area (TPSA) is 23.5 Å². The zero-order chi connectivity index (χ0) is 12.8. The fraction of sp³-hybridized carbons (Fsp3) is 0.625. The second kappa shape index (κ2) is 6.79. The predicted molar refractivity (Wildman–Crippen MR) is 77.0 cm³/mol. The molecule has 0 amide bonds. The molecule has 1 aromatic rings. The first-order valence-corrected chi connectivity index (χ1v) is 7.35. The van der Waals surface area contributed by atoms with Crippen LogP contribution >= 0.6 is 0 Å². The minimum absolute atomic E-state index is 0.327. The van der Waals surface area contributed by atoms with Crippen LogP contribution in [0, 0.1) is 0 Å². The van der Waals surface area contributed by atoms with Crippen LogP contribution in [0.1, 0.15) is 57.1 Å². The molecule has 0 aromatic heterocycles. The van der Waals surface area contributed by atoms with Crippen molar-refractivity contribution in [2.75, 3.05) is 18.0 Å². The van der Waals surface area contributed by atoms with Crippen molar-refractivity contribution in [1.29, 1.82) is 0 Å². The third-order valence-corrected chi connectivity index (χ3v) is 3.88. The van der Waals surface area contributed by atoms with Gasteiger partial charge in [-0.3, -0.25) is 0 Å². The van der Waals surface area contributed by atoms with Crippen LogP contribution in [0.5, 0.6) is 0 Å². The van der Waals surface area contributed by atoms with Crippen molar-refractivity contribution in [3.63, 3.8) is 0 Å². The van der Waals surface area contributed by atoms with Gasteiger partial charge in [-0.05, 0) is 25.3 Å². The molecule has 1 fully saturated rings. The van der Waals surface area contributed by atoms with Crippen LogP contribution in [0.4, 0.5) is 5.69 Å². The number of aliphatic hydroxyl groups is 1. The van der Waals surface area contributed by atoms with Gasteiger partial charge in [-0.25, -0.2) is 0 Å². The highest BCUT2D eigenvalue weighted by atomic mass is 16.3. The number of benzene rings is 1. The number of aliphatic hydroxyl groups excluding tert-OH is 1. The van der Waals surface area contributed by atoms with Crippen LogP contribution < -0.4 is 4.90 Å². The number of nitrogens with zero attached hydrogens (tertiary/aromatic N) is 1. The van der Waals surface area contributed by atoms with Gasteiger partial charge in [-0.15, -0.1) is 0 Å². The van der Waals surface area contributed by atoms with Crippen molar-refractivity contribution in [3.05, 3.63) is 29.8 Å². The Bertz CT molecular complexity index is 356. The lowest BCUT2D eigenvalue weighted by molar-refractivity contribution is 0.174. The maximum absolute atomic E-state index is 10.1. The first-order chi connectivity index (χ1) is 8.83. The van der Waals surface area contributed by atoms with Crippen LogP contribution in [0.15, 0.2) is 24.3 Å². The maximum Gasteiger partial charge on any atom is 0.0807 e. The van der Waals surface area contributed by atoms with E-state index >= 15 is 0 Å². The monoisotopic (exact) mass is 247 g/mol. The molecular weight excluding hydrogens is 222 g/mol. The molecule has 1 saturated heterocycles. The van der Waals surface area contributed by atoms with Crippen LogP contribution in [-0.4, -0.2) is 18.2 Å². The molecule has 100 valence electrons. The molecule has 0 bridgehead atoms. The third-order valence-electron chi connectivity index (χ3n) is 3.88. The van der Waals surface area contributed by atoms with E-state index in [1.807, 2.05) is 13.0 Å². The van der Waals surface area contributed by atoms with E-state index in [0.29, 0.717) is 0 Å². The molecule has 1 N–H and O–H groups in total. The van der Waals surface area contributed by atoms with E-state index in [-0.39, 0.29) is 6.10 Å². The van der Waals surface area contributed by atoms with E-state index in [0.717, 1.165) is 25.1 Å². The Balaban J connectivity index is 2.19. The SMILES string of the molecule is CC[C@@H](O)c1ccccc1N1CCCCCCC1. The van der Waals surface area contributed by atoms with Crippen molar-refractivity contribution in [3.8, 4) is 0 Å². The Morgan fingerprint density at radius 2 is 1.67 bits per heavy atom. The minimum atomic E-state index is -0.327. The molecule has 1 aromatic carbocycles. The van der Waals surface area contributed by atoms with Crippen LogP contribution in [0.2, 0.25) is 0 Å². The Kier molecular flexibility index (Phi) is 5.06. The Morgan fingerprint density at radius 1 is 1.06 bits per heavy atom. The zero-order valence-corrected chi connectivity index (χ0v) is 11.4. The van der Waals surface area contributed by atoms with Crippen molar-refractivity contribution in [2.45, 2.75) is 51.6 Å². The van der Waals surface area contributed by atoms with Gasteiger partial charge in [-0.2, -0.15) is 0 Å². The van der Waals surface area contributed by atoms with Crippen molar-refractivity contribution >= 4 is 5.69 Å². The number of hydrogen-bond acceptors (Lipinski definition) is 2. The van der Waals surface area contributed by atoms with Crippen LogP contribution in [0.3, 0.4) is 0 Å². The first kappa shape index (κ1) is 13.4. The minimum Gasteiger partial charge on any atom is -0.388 e. The van der Waals surface area contributed by atoms with E-state index in [1.165, 1.54) is 37.8 Å². The molecule has 1 heterocycles. The normalized spacial score (nSPS) is 19.1. The summed E-state index contributed by atoms with van der Waals surface area (Å²) < 4.78 is 0. The number of para-hydroxylation sites is 1. The molecule has 2 nitrogen and oxygen atoms in total. The number of hydrogen-bond donors (Lipinski definition) is 1. The van der Waals surface area contributed by atoms with Crippen molar-refractivity contribution < 1.29 is 5.11 Å². The smallest absolute Gasteiger partial charge is 0.0807 e. The van der Waals surface area contributed by atoms with Gasteiger partial charge >= 0.3 is 0 Å². The van der Waals surface area contributed by atoms with Gasteiger partial charge < -0.3 is 10.0 Å². The van der Waals surface area contributed by atoms with E-state index < -0.39 is 0 Å². The van der Waals surface area contributed by atoms with Crippen LogP contribution in [0.25, 0.3) is 0 Å². The predicted octanol–water partition coefficient (Wildman–Crippen LogP) is 3.90. The van der Waals surface area contributed by atoms with Crippen molar-refractivity contribution in [1.82, 2.24) is 0 Å². The summed E-state index contributed by atoms with van der Waals surface area (Å²) in [6.45, 7) is 4.30. The average molecular weight is 247 g/mol. The maximum atomic E-state index is 10.1. The highest BCUT2D eigenvalue weighted by Crippen LogP contribution is 2.29. The number of anilines is 1. The molecule has 2 rings (SSSR count). The van der Waals surface area contributed by atoms with E-state index in [2.05, 4.69) is 23.1 Å². The van der Waals surface area contributed by atoms with Gasteiger partial charge in [0.05, 0.1) is 6.10 Å². The summed E-state index contributed by atoms with van der Waals surface area (Å²) in [4.78, 5) is 2.47. The molecule has 0 saturated carbocycles. The average Bonchev–Trinajstić information content (AvgIpc) is 2.38. The molecule has 18 heavy (non-hydrogen) atoms. The molecule has 0 spiro atoms.